The number of rotatable bonds is 7. The van der Waals surface area contributed by atoms with Crippen molar-refractivity contribution in [1.82, 2.24) is 0 Å². The Labute approximate surface area is 205 Å². The third-order valence-corrected chi connectivity index (χ3v) is 7.16. The number of hydrogen-bond donors (Lipinski definition) is 6. The van der Waals surface area contributed by atoms with Crippen LogP contribution in [0.3, 0.4) is 0 Å². The molecule has 1 aromatic rings. The lowest BCUT2D eigenvalue weighted by Gasteiger charge is -2.43. The molecule has 11 atom stereocenters. The summed E-state index contributed by atoms with van der Waals surface area (Å²) < 4.78 is 28.3. The van der Waals surface area contributed by atoms with Crippen molar-refractivity contribution in [1.29, 1.82) is 0 Å². The van der Waals surface area contributed by atoms with E-state index in [-0.39, 0.29) is 5.75 Å². The van der Waals surface area contributed by atoms with Crippen LogP contribution in [-0.4, -0.2) is 105 Å². The van der Waals surface area contributed by atoms with Gasteiger partial charge in [0.1, 0.15) is 48.0 Å². The first kappa shape index (κ1) is 25.1. The van der Waals surface area contributed by atoms with E-state index in [4.69, 9.17) is 23.7 Å². The fraction of sp³-hybridized carbons (Fsp3) is 0.542. The van der Waals surface area contributed by atoms with Gasteiger partial charge >= 0.3 is 5.97 Å². The SMILES string of the molecule is O=C(/C=C/c1ccc(O)cc1)O[C@@H]1[C@@H]2C=CO[C@H](O[C@@H]3O[C@H](CO)[C@@H](O)[C@H](O)[C@H]3O)[C@H]2[C@]2(CO)O[C@H]12. The first-order valence-corrected chi connectivity index (χ1v) is 11.5. The van der Waals surface area contributed by atoms with Gasteiger partial charge in [-0.15, -0.1) is 0 Å². The number of phenols is 1. The summed E-state index contributed by atoms with van der Waals surface area (Å²) in [6, 6.07) is 6.24. The zero-order valence-corrected chi connectivity index (χ0v) is 18.9. The molecule has 0 bridgehead atoms. The Balaban J connectivity index is 1.30. The number of ether oxygens (including phenoxy) is 5. The molecule has 3 heterocycles. The van der Waals surface area contributed by atoms with E-state index in [1.54, 1.807) is 18.2 Å². The summed E-state index contributed by atoms with van der Waals surface area (Å²) in [5.74, 6) is -1.67. The minimum absolute atomic E-state index is 0.102. The minimum Gasteiger partial charge on any atom is -0.508 e. The van der Waals surface area contributed by atoms with Crippen LogP contribution < -0.4 is 0 Å². The van der Waals surface area contributed by atoms with Gasteiger partial charge in [-0.3, -0.25) is 0 Å². The topological polar surface area (TPSA) is 188 Å². The van der Waals surface area contributed by atoms with Gasteiger partial charge in [-0.05, 0) is 29.8 Å². The molecule has 0 aromatic heterocycles. The first-order valence-electron chi connectivity index (χ1n) is 11.5. The van der Waals surface area contributed by atoms with Gasteiger partial charge in [0.2, 0.25) is 6.29 Å². The summed E-state index contributed by atoms with van der Waals surface area (Å²) >= 11 is 0. The molecule has 0 unspecified atom stereocenters. The molecular formula is C24H28O12. The van der Waals surface area contributed by atoms with Crippen molar-refractivity contribution in [3.8, 4) is 5.75 Å². The molecule has 3 fully saturated rings. The molecule has 12 nitrogen and oxygen atoms in total. The molecule has 0 spiro atoms. The number of phenolic OH excluding ortho intramolecular Hbond substituents is 1. The highest BCUT2D eigenvalue weighted by atomic mass is 16.8. The van der Waals surface area contributed by atoms with Crippen LogP contribution in [-0.2, 0) is 28.5 Å². The highest BCUT2D eigenvalue weighted by Gasteiger charge is 2.77. The molecule has 4 aliphatic rings. The Bertz CT molecular complexity index is 1010. The quantitative estimate of drug-likeness (QED) is 0.141. The van der Waals surface area contributed by atoms with Crippen molar-refractivity contribution in [2.75, 3.05) is 13.2 Å². The van der Waals surface area contributed by atoms with E-state index in [1.807, 2.05) is 0 Å². The zero-order valence-electron chi connectivity index (χ0n) is 18.9. The average Bonchev–Trinajstić information content (AvgIpc) is 3.56. The average molecular weight is 508 g/mol. The van der Waals surface area contributed by atoms with Crippen molar-refractivity contribution in [2.24, 2.45) is 11.8 Å². The Morgan fingerprint density at radius 1 is 1.06 bits per heavy atom. The zero-order chi connectivity index (χ0) is 25.6. The van der Waals surface area contributed by atoms with E-state index < -0.39 is 85.8 Å². The Kier molecular flexibility index (Phi) is 6.78. The van der Waals surface area contributed by atoms with Crippen molar-refractivity contribution in [3.63, 3.8) is 0 Å². The number of hydrogen-bond acceptors (Lipinski definition) is 12. The lowest BCUT2D eigenvalue weighted by molar-refractivity contribution is -0.344. The molecule has 5 rings (SSSR count). The number of esters is 1. The molecule has 1 aromatic carbocycles. The third kappa shape index (κ3) is 4.29. The summed E-state index contributed by atoms with van der Waals surface area (Å²) in [4.78, 5) is 12.6. The molecule has 36 heavy (non-hydrogen) atoms. The minimum atomic E-state index is -1.64. The second kappa shape index (κ2) is 9.72. The van der Waals surface area contributed by atoms with Gasteiger partial charge in [-0.25, -0.2) is 4.79 Å². The number of epoxide rings is 1. The van der Waals surface area contributed by atoms with Gasteiger partial charge in [0.05, 0.1) is 25.4 Å². The summed E-state index contributed by atoms with van der Waals surface area (Å²) in [6.45, 7) is -1.04. The summed E-state index contributed by atoms with van der Waals surface area (Å²) in [7, 11) is 0. The second-order valence-electron chi connectivity index (χ2n) is 9.25. The Morgan fingerprint density at radius 3 is 2.50 bits per heavy atom. The fourth-order valence-electron chi connectivity index (χ4n) is 5.21. The van der Waals surface area contributed by atoms with Crippen LogP contribution in [0.4, 0.5) is 0 Å². The van der Waals surface area contributed by atoms with Gasteiger partial charge in [0, 0.05) is 12.0 Å². The van der Waals surface area contributed by atoms with Crippen LogP contribution in [0.15, 0.2) is 42.7 Å². The second-order valence-corrected chi connectivity index (χ2v) is 9.25. The maximum atomic E-state index is 12.6. The summed E-state index contributed by atoms with van der Waals surface area (Å²) in [5, 5.41) is 59.3. The number of carbonyl (C=O) groups excluding carboxylic acids is 1. The predicted octanol–water partition coefficient (Wildman–Crippen LogP) is -1.62. The van der Waals surface area contributed by atoms with Gasteiger partial charge in [0.25, 0.3) is 0 Å². The van der Waals surface area contributed by atoms with Gasteiger partial charge in [0.15, 0.2) is 6.29 Å². The monoisotopic (exact) mass is 508 g/mol. The smallest absolute Gasteiger partial charge is 0.331 e. The summed E-state index contributed by atoms with van der Waals surface area (Å²) in [6.07, 6.45) is -4.18. The molecule has 1 aliphatic carbocycles. The van der Waals surface area contributed by atoms with Crippen LogP contribution >= 0.6 is 0 Å². The highest BCUT2D eigenvalue weighted by Crippen LogP contribution is 2.60. The van der Waals surface area contributed by atoms with E-state index in [0.717, 1.165) is 0 Å². The number of benzene rings is 1. The van der Waals surface area contributed by atoms with Crippen molar-refractivity contribution in [3.05, 3.63) is 48.2 Å². The lowest BCUT2D eigenvalue weighted by Crippen LogP contribution is -2.60. The number of aliphatic hydroxyl groups is 5. The molecule has 196 valence electrons. The van der Waals surface area contributed by atoms with Crippen LogP contribution in [0.5, 0.6) is 5.75 Å². The number of carbonyl (C=O) groups is 1. The lowest BCUT2D eigenvalue weighted by atomic mass is 9.85. The molecule has 0 amide bonds. The van der Waals surface area contributed by atoms with E-state index in [9.17, 15) is 35.4 Å². The Hall–Kier alpha value is -2.55. The fourth-order valence-corrected chi connectivity index (χ4v) is 5.21. The molecule has 12 heteroatoms. The third-order valence-electron chi connectivity index (χ3n) is 7.16. The van der Waals surface area contributed by atoms with Crippen LogP contribution in [0, 0.1) is 11.8 Å². The van der Waals surface area contributed by atoms with E-state index >= 15 is 0 Å². The molecule has 1 saturated carbocycles. The Morgan fingerprint density at radius 2 is 1.81 bits per heavy atom. The normalized spacial score (nSPS) is 43.0. The maximum absolute atomic E-state index is 12.6. The van der Waals surface area contributed by atoms with E-state index in [0.29, 0.717) is 5.56 Å². The number of fused-ring (bicyclic) bond motifs is 3. The standard InChI is InChI=1S/C24H28O12/c25-9-14-17(29)18(30)19(31)23(33-14)35-22-16-13(7-8-32-22)20(21-24(16,10-26)36-21)34-15(28)6-3-11-1-4-12(27)5-2-11/h1-8,13-14,16-23,25-27,29-31H,9-10H2/b6-3+/t13-,14-,16+,17-,18+,19-,20-,21-,22-,23+,24+/m1/s1. The summed E-state index contributed by atoms with van der Waals surface area (Å²) in [5.41, 5.74) is -0.444. The van der Waals surface area contributed by atoms with Gasteiger partial charge in [-0.2, -0.15) is 0 Å². The largest absolute Gasteiger partial charge is 0.508 e. The number of aromatic hydroxyl groups is 1. The van der Waals surface area contributed by atoms with Crippen molar-refractivity contribution < 1.29 is 59.1 Å². The number of aliphatic hydroxyl groups excluding tert-OH is 5. The molecule has 3 aliphatic heterocycles. The molecule has 2 saturated heterocycles. The molecule has 0 radical (unpaired) electrons. The van der Waals surface area contributed by atoms with Gasteiger partial charge < -0.3 is 54.3 Å². The maximum Gasteiger partial charge on any atom is 0.331 e. The van der Waals surface area contributed by atoms with Crippen LogP contribution in [0.1, 0.15) is 5.56 Å². The van der Waals surface area contributed by atoms with Crippen molar-refractivity contribution >= 4 is 12.0 Å². The van der Waals surface area contributed by atoms with Crippen LogP contribution in [0.25, 0.3) is 6.08 Å². The van der Waals surface area contributed by atoms with Crippen LogP contribution in [0.2, 0.25) is 0 Å². The van der Waals surface area contributed by atoms with Crippen molar-refractivity contribution in [2.45, 2.75) is 54.8 Å². The van der Waals surface area contributed by atoms with E-state index in [2.05, 4.69) is 0 Å². The molecular weight excluding hydrogens is 480 g/mol. The first-order chi connectivity index (χ1) is 17.3. The highest BCUT2D eigenvalue weighted by molar-refractivity contribution is 5.87. The molecule has 6 N–H and O–H groups in total. The van der Waals surface area contributed by atoms with Gasteiger partial charge in [-0.1, -0.05) is 12.1 Å². The van der Waals surface area contributed by atoms with E-state index in [1.165, 1.54) is 30.5 Å². The predicted molar refractivity (Wildman–Crippen MR) is 118 cm³/mol.